The molecule has 0 radical (unpaired) electrons. The van der Waals surface area contributed by atoms with Crippen LogP contribution in [0.25, 0.3) is 0 Å². The fourth-order valence-electron chi connectivity index (χ4n) is 2.49. The zero-order valence-corrected chi connectivity index (χ0v) is 12.2. The molecule has 21 heavy (non-hydrogen) atoms. The maximum Gasteiger partial charge on any atom is 0.314 e. The highest BCUT2D eigenvalue weighted by Gasteiger charge is 2.44. The van der Waals surface area contributed by atoms with Gasteiger partial charge in [-0.3, -0.25) is 9.89 Å². The van der Waals surface area contributed by atoms with Crippen LogP contribution in [0.4, 0.5) is 4.79 Å². The molecule has 1 saturated carbocycles. The van der Waals surface area contributed by atoms with Gasteiger partial charge in [-0.15, -0.1) is 0 Å². The van der Waals surface area contributed by atoms with Crippen LogP contribution in [0, 0.1) is 12.3 Å². The lowest BCUT2D eigenvalue weighted by Gasteiger charge is -2.37. The number of hydrogen-bond donors (Lipinski definition) is 4. The maximum absolute atomic E-state index is 11.6. The van der Waals surface area contributed by atoms with Gasteiger partial charge in [0, 0.05) is 18.8 Å². The van der Waals surface area contributed by atoms with Gasteiger partial charge in [0.1, 0.15) is 0 Å². The monoisotopic (exact) mass is 294 g/mol. The molecule has 7 heteroatoms. The summed E-state index contributed by atoms with van der Waals surface area (Å²) >= 11 is 0. The van der Waals surface area contributed by atoms with Gasteiger partial charge in [-0.2, -0.15) is 5.10 Å². The van der Waals surface area contributed by atoms with Crippen LogP contribution in [-0.2, 0) is 11.2 Å². The molecule has 7 nitrogen and oxygen atoms in total. The Kier molecular flexibility index (Phi) is 4.82. The largest absolute Gasteiger partial charge is 0.481 e. The standard InChI is InChI=1S/C14H22N4O3/c1-10-11(8-17-18-10)4-2-7-15-13(21)16-9-14(12(19)20)5-3-6-14/h8H,2-7,9H2,1H3,(H,17,18)(H,19,20)(H2,15,16,21). The molecule has 0 aliphatic heterocycles. The maximum atomic E-state index is 11.6. The van der Waals surface area contributed by atoms with Crippen LogP contribution in [0.1, 0.15) is 36.9 Å². The van der Waals surface area contributed by atoms with Gasteiger partial charge < -0.3 is 15.7 Å². The minimum atomic E-state index is -0.815. The van der Waals surface area contributed by atoms with Gasteiger partial charge in [0.2, 0.25) is 0 Å². The molecule has 1 aromatic heterocycles. The van der Waals surface area contributed by atoms with Gasteiger partial charge >= 0.3 is 12.0 Å². The Balaban J connectivity index is 1.62. The van der Waals surface area contributed by atoms with Crippen LogP contribution in [-0.4, -0.2) is 40.4 Å². The lowest BCUT2D eigenvalue weighted by Crippen LogP contribution is -2.49. The molecule has 0 saturated heterocycles. The van der Waals surface area contributed by atoms with Crippen molar-refractivity contribution in [1.82, 2.24) is 20.8 Å². The number of carbonyl (C=O) groups is 2. The predicted octanol–water partition coefficient (Wildman–Crippen LogP) is 1.20. The second-order valence-electron chi connectivity index (χ2n) is 5.67. The van der Waals surface area contributed by atoms with Crippen molar-refractivity contribution in [3.8, 4) is 0 Å². The second-order valence-corrected chi connectivity index (χ2v) is 5.67. The number of rotatable bonds is 7. The molecular weight excluding hydrogens is 272 g/mol. The Bertz CT molecular complexity index is 508. The number of aromatic amines is 1. The fraction of sp³-hybridized carbons (Fsp3) is 0.643. The van der Waals surface area contributed by atoms with Crippen LogP contribution in [0.5, 0.6) is 0 Å². The summed E-state index contributed by atoms with van der Waals surface area (Å²) in [5, 5.41) is 21.4. The van der Waals surface area contributed by atoms with Gasteiger partial charge in [-0.1, -0.05) is 6.42 Å². The Labute approximate surface area is 123 Å². The summed E-state index contributed by atoms with van der Waals surface area (Å²) in [4.78, 5) is 22.8. The van der Waals surface area contributed by atoms with E-state index in [0.29, 0.717) is 19.4 Å². The average molecular weight is 294 g/mol. The zero-order valence-electron chi connectivity index (χ0n) is 12.2. The van der Waals surface area contributed by atoms with Crippen LogP contribution < -0.4 is 10.6 Å². The van der Waals surface area contributed by atoms with Crippen molar-refractivity contribution in [2.24, 2.45) is 5.41 Å². The van der Waals surface area contributed by atoms with Gasteiger partial charge in [0.15, 0.2) is 0 Å². The van der Waals surface area contributed by atoms with E-state index in [1.54, 1.807) is 6.20 Å². The SMILES string of the molecule is Cc1[nH]ncc1CCCNC(=O)NCC1(C(=O)O)CCC1. The summed E-state index contributed by atoms with van der Waals surface area (Å²) in [6, 6.07) is -0.300. The van der Waals surface area contributed by atoms with Crippen molar-refractivity contribution >= 4 is 12.0 Å². The summed E-state index contributed by atoms with van der Waals surface area (Å²) in [5.74, 6) is -0.815. The van der Waals surface area contributed by atoms with E-state index in [4.69, 9.17) is 5.11 Å². The van der Waals surface area contributed by atoms with Crippen LogP contribution in [0.15, 0.2) is 6.20 Å². The number of nitrogens with zero attached hydrogens (tertiary/aromatic N) is 1. The quantitative estimate of drug-likeness (QED) is 0.567. The molecule has 1 aliphatic carbocycles. The number of urea groups is 1. The number of aliphatic carboxylic acids is 1. The van der Waals surface area contributed by atoms with Gasteiger partial charge in [-0.05, 0) is 38.2 Å². The third-order valence-corrected chi connectivity index (χ3v) is 4.19. The first-order valence-electron chi connectivity index (χ1n) is 7.27. The Hall–Kier alpha value is -2.05. The first-order chi connectivity index (χ1) is 10.0. The number of aromatic nitrogens is 2. The second kappa shape index (κ2) is 6.60. The number of H-pyrrole nitrogens is 1. The van der Waals surface area contributed by atoms with Crippen LogP contribution in [0.2, 0.25) is 0 Å². The highest BCUT2D eigenvalue weighted by atomic mass is 16.4. The number of amides is 2. The minimum absolute atomic E-state index is 0.203. The van der Waals surface area contributed by atoms with Crippen LogP contribution >= 0.6 is 0 Å². The first kappa shape index (κ1) is 15.3. The van der Waals surface area contributed by atoms with E-state index in [9.17, 15) is 9.59 Å². The lowest BCUT2D eigenvalue weighted by molar-refractivity contribution is -0.153. The molecule has 2 amide bonds. The molecule has 1 aromatic rings. The molecule has 0 spiro atoms. The van der Waals surface area contributed by atoms with Gasteiger partial charge in [0.05, 0.1) is 11.6 Å². The summed E-state index contributed by atoms with van der Waals surface area (Å²) < 4.78 is 0. The number of carboxylic acids is 1. The predicted molar refractivity (Wildman–Crippen MR) is 77.0 cm³/mol. The van der Waals surface area contributed by atoms with Crippen molar-refractivity contribution in [2.75, 3.05) is 13.1 Å². The molecule has 1 aliphatic rings. The molecule has 4 N–H and O–H groups in total. The van der Waals surface area contributed by atoms with E-state index in [-0.39, 0.29) is 12.6 Å². The van der Waals surface area contributed by atoms with Crippen molar-refractivity contribution in [3.63, 3.8) is 0 Å². The molecule has 2 rings (SSSR count). The number of nitrogens with one attached hydrogen (secondary N) is 3. The Morgan fingerprint density at radius 3 is 2.71 bits per heavy atom. The minimum Gasteiger partial charge on any atom is -0.481 e. The van der Waals surface area contributed by atoms with Crippen molar-refractivity contribution in [2.45, 2.75) is 39.0 Å². The molecule has 0 aromatic carbocycles. The molecule has 1 fully saturated rings. The van der Waals surface area contributed by atoms with Crippen molar-refractivity contribution < 1.29 is 14.7 Å². The number of hydrogen-bond acceptors (Lipinski definition) is 3. The Morgan fingerprint density at radius 2 is 2.19 bits per heavy atom. The van der Waals surface area contributed by atoms with Crippen molar-refractivity contribution in [3.05, 3.63) is 17.5 Å². The lowest BCUT2D eigenvalue weighted by atomic mass is 9.69. The number of carbonyl (C=O) groups excluding carboxylic acids is 1. The third kappa shape index (κ3) is 3.74. The molecule has 0 bridgehead atoms. The average Bonchev–Trinajstić information content (AvgIpc) is 2.78. The van der Waals surface area contributed by atoms with Gasteiger partial charge in [-0.25, -0.2) is 4.79 Å². The van der Waals surface area contributed by atoms with E-state index in [1.807, 2.05) is 6.92 Å². The molecule has 0 atom stereocenters. The van der Waals surface area contributed by atoms with Crippen molar-refractivity contribution in [1.29, 1.82) is 0 Å². The summed E-state index contributed by atoms with van der Waals surface area (Å²) in [6.45, 7) is 2.72. The van der Waals surface area contributed by atoms with Crippen LogP contribution in [0.3, 0.4) is 0 Å². The molecular formula is C14H22N4O3. The molecule has 1 heterocycles. The van der Waals surface area contributed by atoms with Gasteiger partial charge in [0.25, 0.3) is 0 Å². The molecule has 116 valence electrons. The van der Waals surface area contributed by atoms with E-state index >= 15 is 0 Å². The first-order valence-corrected chi connectivity index (χ1v) is 7.27. The van der Waals surface area contributed by atoms with E-state index in [2.05, 4.69) is 20.8 Å². The topological polar surface area (TPSA) is 107 Å². The normalized spacial score (nSPS) is 16.0. The zero-order chi connectivity index (χ0) is 15.3. The number of carboxylic acid groups (broad SMARTS) is 1. The summed E-state index contributed by atoms with van der Waals surface area (Å²) in [5.41, 5.74) is 1.45. The van der Waals surface area contributed by atoms with E-state index in [0.717, 1.165) is 30.5 Å². The fourth-order valence-corrected chi connectivity index (χ4v) is 2.49. The van der Waals surface area contributed by atoms with E-state index in [1.165, 1.54) is 0 Å². The summed E-state index contributed by atoms with van der Waals surface area (Å²) in [7, 11) is 0. The highest BCUT2D eigenvalue weighted by Crippen LogP contribution is 2.40. The third-order valence-electron chi connectivity index (χ3n) is 4.19. The number of aryl methyl sites for hydroxylation is 2. The van der Waals surface area contributed by atoms with E-state index < -0.39 is 11.4 Å². The Morgan fingerprint density at radius 1 is 1.43 bits per heavy atom. The molecule has 0 unspecified atom stereocenters. The highest BCUT2D eigenvalue weighted by molar-refractivity contribution is 5.78. The summed E-state index contributed by atoms with van der Waals surface area (Å²) in [6.07, 6.45) is 5.66. The smallest absolute Gasteiger partial charge is 0.314 e.